The maximum atomic E-state index is 14.3. The second-order valence-corrected chi connectivity index (χ2v) is 8.08. The first-order valence-electron chi connectivity index (χ1n) is 10.7. The molecular weight excluding hydrogens is 347 g/mol. The minimum atomic E-state index is -0.987. The fourth-order valence-corrected chi connectivity index (χ4v) is 3.97. The number of carbonyl (C=O) groups excluding carboxylic acids is 1. The molecule has 4 nitrogen and oxygen atoms in total. The van der Waals surface area contributed by atoms with Crippen molar-refractivity contribution in [2.24, 2.45) is 17.8 Å². The van der Waals surface area contributed by atoms with Gasteiger partial charge in [-0.15, -0.1) is 0 Å². The van der Waals surface area contributed by atoms with Crippen LogP contribution in [-0.2, 0) is 9.53 Å². The third-order valence-corrected chi connectivity index (χ3v) is 5.89. The number of hydrogen-bond acceptors (Lipinski definition) is 4. The number of carbonyl (C=O) groups is 1. The van der Waals surface area contributed by atoms with Crippen molar-refractivity contribution in [3.63, 3.8) is 0 Å². The van der Waals surface area contributed by atoms with Crippen molar-refractivity contribution in [1.29, 1.82) is 0 Å². The zero-order chi connectivity index (χ0) is 20.2. The van der Waals surface area contributed by atoms with Gasteiger partial charge in [0.05, 0.1) is 19.3 Å². The molecule has 1 aliphatic carbocycles. The van der Waals surface area contributed by atoms with Crippen molar-refractivity contribution in [3.05, 3.63) is 12.2 Å². The molecule has 6 atom stereocenters. The summed E-state index contributed by atoms with van der Waals surface area (Å²) >= 11 is 0. The third kappa shape index (κ3) is 8.73. The predicted molar refractivity (Wildman–Crippen MR) is 106 cm³/mol. The number of ether oxygens (including phenoxy) is 1. The Hall–Kier alpha value is -0.940. The smallest absolute Gasteiger partial charge is 0.305 e. The van der Waals surface area contributed by atoms with Crippen LogP contribution in [0.4, 0.5) is 4.39 Å². The van der Waals surface area contributed by atoms with Gasteiger partial charge in [0.1, 0.15) is 6.17 Å². The number of halogens is 1. The first-order chi connectivity index (χ1) is 12.9. The maximum absolute atomic E-state index is 14.3. The van der Waals surface area contributed by atoms with E-state index in [1.165, 1.54) is 7.11 Å². The number of aliphatic hydroxyl groups is 2. The van der Waals surface area contributed by atoms with E-state index in [1.807, 2.05) is 13.0 Å². The molecule has 0 aliphatic heterocycles. The highest BCUT2D eigenvalue weighted by molar-refractivity contribution is 5.68. The zero-order valence-corrected chi connectivity index (χ0v) is 17.3. The minimum absolute atomic E-state index is 0.175. The summed E-state index contributed by atoms with van der Waals surface area (Å²) in [5.41, 5.74) is 0. The quantitative estimate of drug-likeness (QED) is 0.276. The molecule has 0 bridgehead atoms. The second kappa shape index (κ2) is 13.3. The van der Waals surface area contributed by atoms with Crippen LogP contribution in [0.25, 0.3) is 0 Å². The molecule has 27 heavy (non-hydrogen) atoms. The molecule has 5 heteroatoms. The van der Waals surface area contributed by atoms with Crippen molar-refractivity contribution in [2.45, 2.75) is 96.4 Å². The van der Waals surface area contributed by atoms with Crippen molar-refractivity contribution >= 4 is 5.97 Å². The van der Waals surface area contributed by atoms with Crippen molar-refractivity contribution < 1.29 is 24.1 Å². The number of esters is 1. The molecule has 0 radical (unpaired) electrons. The van der Waals surface area contributed by atoms with Crippen LogP contribution in [-0.4, -0.2) is 41.7 Å². The molecule has 0 saturated heterocycles. The van der Waals surface area contributed by atoms with Crippen LogP contribution < -0.4 is 0 Å². The van der Waals surface area contributed by atoms with Crippen LogP contribution in [0, 0.1) is 17.8 Å². The van der Waals surface area contributed by atoms with Crippen LogP contribution in [0.15, 0.2) is 12.2 Å². The normalized spacial score (nSPS) is 27.8. The van der Waals surface area contributed by atoms with Crippen molar-refractivity contribution in [1.82, 2.24) is 0 Å². The summed E-state index contributed by atoms with van der Waals surface area (Å²) < 4.78 is 19.0. The molecule has 0 heterocycles. The van der Waals surface area contributed by atoms with E-state index >= 15 is 0 Å². The largest absolute Gasteiger partial charge is 0.469 e. The highest BCUT2D eigenvalue weighted by Crippen LogP contribution is 2.39. The van der Waals surface area contributed by atoms with E-state index in [1.54, 1.807) is 6.08 Å². The highest BCUT2D eigenvalue weighted by atomic mass is 19.1. The van der Waals surface area contributed by atoms with E-state index in [-0.39, 0.29) is 30.1 Å². The van der Waals surface area contributed by atoms with E-state index in [0.717, 1.165) is 51.4 Å². The Morgan fingerprint density at radius 3 is 2.63 bits per heavy atom. The first kappa shape index (κ1) is 24.1. The lowest BCUT2D eigenvalue weighted by molar-refractivity contribution is -0.140. The van der Waals surface area contributed by atoms with Gasteiger partial charge in [0.2, 0.25) is 0 Å². The summed E-state index contributed by atoms with van der Waals surface area (Å²) in [4.78, 5) is 11.1. The Labute approximate surface area is 164 Å². The van der Waals surface area contributed by atoms with Gasteiger partial charge in [0.25, 0.3) is 0 Å². The summed E-state index contributed by atoms with van der Waals surface area (Å²) in [6.45, 7) is 4.16. The Balaban J connectivity index is 2.43. The molecule has 158 valence electrons. The molecule has 0 amide bonds. The summed E-state index contributed by atoms with van der Waals surface area (Å²) in [7, 11) is 1.39. The Bertz CT molecular complexity index is 440. The summed E-state index contributed by atoms with van der Waals surface area (Å²) in [5, 5.41) is 20.5. The molecule has 0 aromatic rings. The van der Waals surface area contributed by atoms with Crippen LogP contribution >= 0.6 is 0 Å². The van der Waals surface area contributed by atoms with Crippen molar-refractivity contribution in [2.75, 3.05) is 7.11 Å². The summed E-state index contributed by atoms with van der Waals surface area (Å²) in [6, 6.07) is 0. The van der Waals surface area contributed by atoms with Crippen LogP contribution in [0.2, 0.25) is 0 Å². The van der Waals surface area contributed by atoms with Gasteiger partial charge in [0.15, 0.2) is 0 Å². The molecule has 1 saturated carbocycles. The number of unbranched alkanes of at least 4 members (excludes halogenated alkanes) is 4. The Kier molecular flexibility index (Phi) is 11.8. The fraction of sp³-hybridized carbons (Fsp3) is 0.864. The first-order valence-corrected chi connectivity index (χ1v) is 10.7. The molecule has 0 aromatic carbocycles. The van der Waals surface area contributed by atoms with Crippen molar-refractivity contribution in [3.8, 4) is 0 Å². The number of methoxy groups -OCH3 is 1. The van der Waals surface area contributed by atoms with E-state index in [9.17, 15) is 19.4 Å². The fourth-order valence-electron chi connectivity index (χ4n) is 3.97. The van der Waals surface area contributed by atoms with Gasteiger partial charge in [-0.2, -0.15) is 0 Å². The number of rotatable bonds is 13. The van der Waals surface area contributed by atoms with Crippen LogP contribution in [0.3, 0.4) is 0 Å². The van der Waals surface area contributed by atoms with Gasteiger partial charge in [-0.05, 0) is 31.1 Å². The zero-order valence-electron chi connectivity index (χ0n) is 17.3. The van der Waals surface area contributed by atoms with E-state index in [4.69, 9.17) is 0 Å². The predicted octanol–water partition coefficient (Wildman–Crippen LogP) is 4.58. The topological polar surface area (TPSA) is 66.8 Å². The number of aliphatic hydroxyl groups excluding tert-OH is 2. The van der Waals surface area contributed by atoms with Crippen LogP contribution in [0.5, 0.6) is 0 Å². The molecule has 1 unspecified atom stereocenters. The lowest BCUT2D eigenvalue weighted by Gasteiger charge is -2.21. The van der Waals surface area contributed by atoms with Gasteiger partial charge in [-0.3, -0.25) is 4.79 Å². The van der Waals surface area contributed by atoms with Gasteiger partial charge in [0, 0.05) is 18.8 Å². The average Bonchev–Trinajstić information content (AvgIpc) is 2.92. The molecule has 0 spiro atoms. The second-order valence-electron chi connectivity index (χ2n) is 8.08. The van der Waals surface area contributed by atoms with Gasteiger partial charge >= 0.3 is 5.97 Å². The van der Waals surface area contributed by atoms with Gasteiger partial charge in [-0.25, -0.2) is 4.39 Å². The van der Waals surface area contributed by atoms with Crippen LogP contribution in [0.1, 0.15) is 78.1 Å². The van der Waals surface area contributed by atoms with E-state index < -0.39 is 18.4 Å². The van der Waals surface area contributed by atoms with E-state index in [0.29, 0.717) is 6.42 Å². The van der Waals surface area contributed by atoms with Gasteiger partial charge in [-0.1, -0.05) is 58.1 Å². The lowest BCUT2D eigenvalue weighted by Crippen LogP contribution is -2.21. The molecule has 1 fully saturated rings. The molecular formula is C22H39FO4. The molecule has 2 N–H and O–H groups in total. The van der Waals surface area contributed by atoms with E-state index in [2.05, 4.69) is 11.7 Å². The average molecular weight is 387 g/mol. The number of alkyl halides is 1. The SMILES string of the molecule is CCCCC(C)[C@H](O)C=C[C@@H]1[C@@H](CCCCCCC(=O)OC)[C@H](F)C[C@H]1O. The highest BCUT2D eigenvalue weighted by Gasteiger charge is 2.40. The maximum Gasteiger partial charge on any atom is 0.305 e. The molecule has 0 aromatic heterocycles. The lowest BCUT2D eigenvalue weighted by atomic mass is 9.87. The Morgan fingerprint density at radius 2 is 1.96 bits per heavy atom. The van der Waals surface area contributed by atoms with Gasteiger partial charge < -0.3 is 14.9 Å². The monoisotopic (exact) mass is 386 g/mol. The minimum Gasteiger partial charge on any atom is -0.469 e. The summed E-state index contributed by atoms with van der Waals surface area (Å²) in [5.74, 6) is -0.415. The standard InChI is InChI=1S/C22H39FO4/c1-4-5-10-16(2)20(24)14-13-18-17(19(23)15-21(18)25)11-8-6-7-9-12-22(26)27-3/h13-14,16-21,24-25H,4-12,15H2,1-3H3/t16?,17-,18-,19-,20-,21-/m1/s1. The summed E-state index contributed by atoms with van der Waals surface area (Å²) in [6.07, 6.45) is 9.48. The third-order valence-electron chi connectivity index (χ3n) is 5.89. The number of hydrogen-bond donors (Lipinski definition) is 2. The molecule has 1 rings (SSSR count). The Morgan fingerprint density at radius 1 is 1.26 bits per heavy atom. The molecule has 1 aliphatic rings.